The molecular weight excluding hydrogens is 173 g/mol. The zero-order chi connectivity index (χ0) is 9.68. The molecule has 6 heteroatoms. The molecule has 0 amide bonds. The Morgan fingerprint density at radius 1 is 1.38 bits per heavy atom. The molecule has 0 saturated heterocycles. The lowest BCUT2D eigenvalue weighted by Crippen LogP contribution is -2.09. The van der Waals surface area contributed by atoms with E-state index in [1.807, 2.05) is 0 Å². The summed E-state index contributed by atoms with van der Waals surface area (Å²) >= 11 is 0. The fourth-order valence-corrected chi connectivity index (χ4v) is 0.849. The van der Waals surface area contributed by atoms with Gasteiger partial charge in [-0.25, -0.2) is 0 Å². The minimum atomic E-state index is -0.355. The van der Waals surface area contributed by atoms with E-state index in [4.69, 9.17) is 5.73 Å². The lowest BCUT2D eigenvalue weighted by Gasteiger charge is -2.03. The molecule has 0 bridgehead atoms. The zero-order valence-corrected chi connectivity index (χ0v) is 7.42. The molecule has 0 aliphatic rings. The number of rotatable bonds is 4. The molecule has 3 N–H and O–H groups in total. The summed E-state index contributed by atoms with van der Waals surface area (Å²) < 4.78 is 11.7. The van der Waals surface area contributed by atoms with Crippen LogP contribution in [0.15, 0.2) is 0 Å². The third-order valence-electron chi connectivity index (χ3n) is 1.36. The summed E-state index contributed by atoms with van der Waals surface area (Å²) in [6.07, 6.45) is 0.435. The molecule has 0 unspecified atom stereocenters. The van der Waals surface area contributed by atoms with Crippen LogP contribution in [0.3, 0.4) is 0 Å². The fourth-order valence-electron chi connectivity index (χ4n) is 0.849. The molecule has 0 spiro atoms. The van der Waals surface area contributed by atoms with Crippen LogP contribution in [0.25, 0.3) is 0 Å². The highest BCUT2D eigenvalue weighted by molar-refractivity contribution is 5.30. The number of nitrogens with two attached hydrogens (primary N) is 1. The number of nitrogen functional groups attached to an aromatic ring is 1. The van der Waals surface area contributed by atoms with E-state index in [0.717, 1.165) is 0 Å². The van der Waals surface area contributed by atoms with E-state index >= 15 is 0 Å². The van der Waals surface area contributed by atoms with Crippen molar-refractivity contribution in [3.63, 3.8) is 0 Å². The molecule has 1 heterocycles. The third kappa shape index (κ3) is 3.18. The smallest absolute Gasteiger partial charge is 0.227 e. The van der Waals surface area contributed by atoms with Gasteiger partial charge in [0.25, 0.3) is 0 Å². The van der Waals surface area contributed by atoms with Crippen molar-refractivity contribution in [3.05, 3.63) is 5.82 Å². The Morgan fingerprint density at radius 3 is 2.77 bits per heavy atom. The van der Waals surface area contributed by atoms with Crippen molar-refractivity contribution in [1.29, 1.82) is 0 Å². The Hall–Kier alpha value is -1.46. The molecule has 0 aromatic carbocycles. The second kappa shape index (κ2) is 4.54. The largest absolute Gasteiger partial charge is 0.368 e. The molecule has 1 aromatic heterocycles. The van der Waals surface area contributed by atoms with E-state index < -0.39 is 0 Å². The number of nitrogens with one attached hydrogen (secondary N) is 1. The van der Waals surface area contributed by atoms with Crippen molar-refractivity contribution in [1.82, 2.24) is 15.0 Å². The van der Waals surface area contributed by atoms with Gasteiger partial charge in [-0.1, -0.05) is 0 Å². The van der Waals surface area contributed by atoms with Gasteiger partial charge >= 0.3 is 0 Å². The number of alkyl halides is 1. The first-order valence-electron chi connectivity index (χ1n) is 4.00. The molecule has 1 aromatic rings. The van der Waals surface area contributed by atoms with Gasteiger partial charge in [0, 0.05) is 6.54 Å². The summed E-state index contributed by atoms with van der Waals surface area (Å²) in [7, 11) is 0. The summed E-state index contributed by atoms with van der Waals surface area (Å²) in [4.78, 5) is 11.6. The maximum Gasteiger partial charge on any atom is 0.227 e. The van der Waals surface area contributed by atoms with Gasteiger partial charge in [-0.15, -0.1) is 0 Å². The lowest BCUT2D eigenvalue weighted by atomic mass is 10.5. The van der Waals surface area contributed by atoms with E-state index in [-0.39, 0.29) is 12.6 Å². The van der Waals surface area contributed by atoms with E-state index in [9.17, 15) is 4.39 Å². The van der Waals surface area contributed by atoms with Gasteiger partial charge in [0.2, 0.25) is 11.9 Å². The van der Waals surface area contributed by atoms with Crippen LogP contribution in [0.2, 0.25) is 0 Å². The monoisotopic (exact) mass is 185 g/mol. The summed E-state index contributed by atoms with van der Waals surface area (Å²) in [5, 5.41) is 2.84. The Balaban J connectivity index is 2.56. The Labute approximate surface area is 75.6 Å². The van der Waals surface area contributed by atoms with Gasteiger partial charge in [0.15, 0.2) is 0 Å². The highest BCUT2D eigenvalue weighted by atomic mass is 19.1. The molecule has 1 rings (SSSR count). The minimum Gasteiger partial charge on any atom is -0.368 e. The maximum absolute atomic E-state index is 11.7. The van der Waals surface area contributed by atoms with Crippen molar-refractivity contribution < 1.29 is 4.39 Å². The Morgan fingerprint density at radius 2 is 2.15 bits per heavy atom. The fraction of sp³-hybridized carbons (Fsp3) is 0.571. The number of nitrogens with zero attached hydrogens (tertiary/aromatic N) is 3. The Kier molecular flexibility index (Phi) is 3.36. The quantitative estimate of drug-likeness (QED) is 0.669. The van der Waals surface area contributed by atoms with Gasteiger partial charge in [0.1, 0.15) is 5.82 Å². The van der Waals surface area contributed by atoms with Crippen LogP contribution in [0.1, 0.15) is 12.2 Å². The second-order valence-corrected chi connectivity index (χ2v) is 2.53. The van der Waals surface area contributed by atoms with Crippen LogP contribution in [0, 0.1) is 6.92 Å². The topological polar surface area (TPSA) is 76.7 Å². The molecule has 0 radical (unpaired) electrons. The number of hydrogen-bond donors (Lipinski definition) is 2. The highest BCUT2D eigenvalue weighted by Crippen LogP contribution is 2.01. The van der Waals surface area contributed by atoms with Gasteiger partial charge in [-0.3, -0.25) is 4.39 Å². The van der Waals surface area contributed by atoms with Gasteiger partial charge < -0.3 is 11.1 Å². The molecule has 72 valence electrons. The summed E-state index contributed by atoms with van der Waals surface area (Å²) in [5.74, 6) is 1.13. The zero-order valence-electron chi connectivity index (χ0n) is 7.42. The van der Waals surface area contributed by atoms with Crippen LogP contribution in [0.5, 0.6) is 0 Å². The first-order valence-corrected chi connectivity index (χ1v) is 4.00. The van der Waals surface area contributed by atoms with Gasteiger partial charge in [-0.05, 0) is 13.3 Å². The van der Waals surface area contributed by atoms with Crippen molar-refractivity contribution in [2.75, 3.05) is 24.3 Å². The first kappa shape index (κ1) is 9.63. The molecular formula is C7H12FN5. The maximum atomic E-state index is 11.7. The highest BCUT2D eigenvalue weighted by Gasteiger charge is 1.99. The van der Waals surface area contributed by atoms with E-state index in [0.29, 0.717) is 24.7 Å². The number of anilines is 2. The average Bonchev–Trinajstić information content (AvgIpc) is 2.03. The lowest BCUT2D eigenvalue weighted by molar-refractivity contribution is 0.481. The van der Waals surface area contributed by atoms with E-state index in [1.165, 1.54) is 0 Å². The second-order valence-electron chi connectivity index (χ2n) is 2.53. The Bertz CT molecular complexity index is 257. The van der Waals surface area contributed by atoms with Crippen LogP contribution >= 0.6 is 0 Å². The van der Waals surface area contributed by atoms with Crippen LogP contribution < -0.4 is 11.1 Å². The van der Waals surface area contributed by atoms with Crippen LogP contribution in [0.4, 0.5) is 16.3 Å². The van der Waals surface area contributed by atoms with Crippen molar-refractivity contribution >= 4 is 11.9 Å². The number of aromatic nitrogens is 3. The average molecular weight is 185 g/mol. The van der Waals surface area contributed by atoms with Crippen LogP contribution in [-0.2, 0) is 0 Å². The predicted octanol–water partition coefficient (Wildman–Crippen LogP) is 0.534. The summed E-state index contributed by atoms with van der Waals surface area (Å²) in [5.41, 5.74) is 5.39. The molecule has 13 heavy (non-hydrogen) atoms. The molecule has 0 atom stereocenters. The summed E-state index contributed by atoms with van der Waals surface area (Å²) in [6.45, 7) is 1.87. The SMILES string of the molecule is Cc1nc(N)nc(NCCCF)n1. The van der Waals surface area contributed by atoms with Crippen molar-refractivity contribution in [2.24, 2.45) is 0 Å². The van der Waals surface area contributed by atoms with Crippen molar-refractivity contribution in [2.45, 2.75) is 13.3 Å². The molecule has 0 aliphatic carbocycles. The first-order chi connectivity index (χ1) is 6.22. The van der Waals surface area contributed by atoms with Gasteiger partial charge in [-0.2, -0.15) is 15.0 Å². The molecule has 0 fully saturated rings. The minimum absolute atomic E-state index is 0.176. The number of aryl methyl sites for hydroxylation is 1. The normalized spacial score (nSPS) is 10.0. The third-order valence-corrected chi connectivity index (χ3v) is 1.36. The standard InChI is InChI=1S/C7H12FN5/c1-5-11-6(9)13-7(12-5)10-4-2-3-8/h2-4H2,1H3,(H3,9,10,11,12,13). The van der Waals surface area contributed by atoms with Gasteiger partial charge in [0.05, 0.1) is 6.67 Å². The predicted molar refractivity (Wildman–Crippen MR) is 48.1 cm³/mol. The molecule has 5 nitrogen and oxygen atoms in total. The van der Waals surface area contributed by atoms with Crippen LogP contribution in [-0.4, -0.2) is 28.2 Å². The van der Waals surface area contributed by atoms with E-state index in [2.05, 4.69) is 20.3 Å². The molecule has 0 aliphatic heterocycles. The number of hydrogen-bond acceptors (Lipinski definition) is 5. The number of halogens is 1. The van der Waals surface area contributed by atoms with Crippen molar-refractivity contribution in [3.8, 4) is 0 Å². The molecule has 0 saturated carbocycles. The summed E-state index contributed by atoms with van der Waals surface area (Å²) in [6, 6.07) is 0. The van der Waals surface area contributed by atoms with E-state index in [1.54, 1.807) is 6.92 Å².